The van der Waals surface area contributed by atoms with E-state index in [0.717, 1.165) is 29.5 Å². The second kappa shape index (κ2) is 7.43. The quantitative estimate of drug-likeness (QED) is 0.770. The van der Waals surface area contributed by atoms with Crippen molar-refractivity contribution in [2.45, 2.75) is 32.8 Å². The van der Waals surface area contributed by atoms with Gasteiger partial charge in [0.05, 0.1) is 11.8 Å². The molecule has 0 bridgehead atoms. The molecule has 0 spiro atoms. The highest BCUT2D eigenvalue weighted by molar-refractivity contribution is 7.21. The number of carbonyl (C=O) groups excluding carboxylic acids is 1. The Morgan fingerprint density at radius 2 is 2.10 bits per heavy atom. The number of ether oxygens (including phenoxy) is 1. The van der Waals surface area contributed by atoms with Gasteiger partial charge in [0.15, 0.2) is 0 Å². The van der Waals surface area contributed by atoms with Gasteiger partial charge in [0.1, 0.15) is 4.88 Å². The molecule has 3 N–H and O–H groups in total. The molecule has 0 saturated carbocycles. The zero-order chi connectivity index (χ0) is 15.2. The normalized spacial score (nSPS) is 11.2. The van der Waals surface area contributed by atoms with Crippen LogP contribution in [-0.2, 0) is 4.74 Å². The van der Waals surface area contributed by atoms with Gasteiger partial charge in [-0.2, -0.15) is 0 Å². The fourth-order valence-electron chi connectivity index (χ4n) is 2.06. The Hall–Kier alpha value is -1.59. The van der Waals surface area contributed by atoms with Crippen molar-refractivity contribution in [1.29, 1.82) is 0 Å². The molecule has 2 rings (SSSR count). The van der Waals surface area contributed by atoms with Crippen LogP contribution in [0.3, 0.4) is 0 Å². The summed E-state index contributed by atoms with van der Waals surface area (Å²) in [6.45, 7) is 5.42. The van der Waals surface area contributed by atoms with E-state index in [2.05, 4.69) is 5.32 Å². The Morgan fingerprint density at radius 3 is 2.81 bits per heavy atom. The van der Waals surface area contributed by atoms with Crippen LogP contribution in [0.5, 0.6) is 0 Å². The molecule has 21 heavy (non-hydrogen) atoms. The minimum Gasteiger partial charge on any atom is -0.397 e. The van der Waals surface area contributed by atoms with Crippen LogP contribution < -0.4 is 11.1 Å². The zero-order valence-electron chi connectivity index (χ0n) is 12.5. The Balaban J connectivity index is 1.84. The molecule has 0 saturated heterocycles. The van der Waals surface area contributed by atoms with Crippen LogP contribution in [-0.4, -0.2) is 25.2 Å². The topological polar surface area (TPSA) is 64.3 Å². The Labute approximate surface area is 129 Å². The van der Waals surface area contributed by atoms with Crippen molar-refractivity contribution < 1.29 is 9.53 Å². The van der Waals surface area contributed by atoms with Crippen molar-refractivity contribution in [1.82, 2.24) is 5.32 Å². The molecule has 1 amide bonds. The van der Waals surface area contributed by atoms with Crippen LogP contribution in [0.15, 0.2) is 24.3 Å². The number of fused-ring (bicyclic) bond motifs is 1. The highest BCUT2D eigenvalue weighted by Crippen LogP contribution is 2.33. The van der Waals surface area contributed by atoms with E-state index in [9.17, 15) is 4.79 Å². The summed E-state index contributed by atoms with van der Waals surface area (Å²) < 4.78 is 6.51. The first-order valence-electron chi connectivity index (χ1n) is 7.26. The van der Waals surface area contributed by atoms with E-state index in [0.29, 0.717) is 17.1 Å². The van der Waals surface area contributed by atoms with E-state index in [1.165, 1.54) is 11.3 Å². The second-order valence-corrected chi connectivity index (χ2v) is 6.28. The van der Waals surface area contributed by atoms with Gasteiger partial charge in [-0.25, -0.2) is 0 Å². The van der Waals surface area contributed by atoms with E-state index >= 15 is 0 Å². The van der Waals surface area contributed by atoms with Gasteiger partial charge in [-0.3, -0.25) is 4.79 Å². The van der Waals surface area contributed by atoms with Gasteiger partial charge >= 0.3 is 0 Å². The third-order valence-corrected chi connectivity index (χ3v) is 4.33. The molecular weight excluding hydrogens is 284 g/mol. The summed E-state index contributed by atoms with van der Waals surface area (Å²) in [7, 11) is 0. The lowest BCUT2D eigenvalue weighted by Crippen LogP contribution is -2.24. The van der Waals surface area contributed by atoms with Crippen LogP contribution in [0.4, 0.5) is 5.69 Å². The average Bonchev–Trinajstić information content (AvgIpc) is 2.80. The van der Waals surface area contributed by atoms with Gasteiger partial charge < -0.3 is 15.8 Å². The van der Waals surface area contributed by atoms with Gasteiger partial charge in [0, 0.05) is 23.2 Å². The van der Waals surface area contributed by atoms with Gasteiger partial charge in [-0.1, -0.05) is 18.2 Å². The summed E-state index contributed by atoms with van der Waals surface area (Å²) >= 11 is 1.44. The molecule has 0 aliphatic carbocycles. The predicted octanol–water partition coefficient (Wildman–Crippen LogP) is 3.42. The summed E-state index contributed by atoms with van der Waals surface area (Å²) in [6, 6.07) is 7.81. The van der Waals surface area contributed by atoms with E-state index in [1.54, 1.807) is 0 Å². The van der Waals surface area contributed by atoms with Crippen molar-refractivity contribution in [3.63, 3.8) is 0 Å². The SMILES string of the molecule is CC(C)OCCCCNC(=O)c1sc2ccccc2c1N. The maximum absolute atomic E-state index is 12.2. The van der Waals surface area contributed by atoms with Crippen molar-refractivity contribution in [2.24, 2.45) is 0 Å². The fourth-order valence-corrected chi connectivity index (χ4v) is 3.10. The average molecular weight is 306 g/mol. The highest BCUT2D eigenvalue weighted by Gasteiger charge is 2.15. The molecule has 0 aliphatic heterocycles. The van der Waals surface area contributed by atoms with Crippen LogP contribution in [0.2, 0.25) is 0 Å². The van der Waals surface area contributed by atoms with Crippen molar-refractivity contribution in [3.8, 4) is 0 Å². The number of hydrogen-bond acceptors (Lipinski definition) is 4. The van der Waals surface area contributed by atoms with E-state index in [-0.39, 0.29) is 12.0 Å². The van der Waals surface area contributed by atoms with Gasteiger partial charge in [-0.15, -0.1) is 11.3 Å². The minimum absolute atomic E-state index is 0.0847. The van der Waals surface area contributed by atoms with E-state index in [1.807, 2.05) is 38.1 Å². The molecule has 0 fully saturated rings. The standard InChI is InChI=1S/C16H22N2O2S/c1-11(2)20-10-6-5-9-18-16(19)15-14(17)12-7-3-4-8-13(12)21-15/h3-4,7-8,11H,5-6,9-10,17H2,1-2H3,(H,18,19). The molecular formula is C16H22N2O2S. The Morgan fingerprint density at radius 1 is 1.33 bits per heavy atom. The highest BCUT2D eigenvalue weighted by atomic mass is 32.1. The lowest BCUT2D eigenvalue weighted by atomic mass is 10.2. The minimum atomic E-state index is -0.0847. The van der Waals surface area contributed by atoms with Crippen LogP contribution in [0, 0.1) is 0 Å². The van der Waals surface area contributed by atoms with Crippen LogP contribution >= 0.6 is 11.3 Å². The summed E-state index contributed by atoms with van der Waals surface area (Å²) in [6.07, 6.45) is 2.11. The maximum atomic E-state index is 12.2. The molecule has 1 aromatic heterocycles. The summed E-state index contributed by atoms with van der Waals surface area (Å²) in [5, 5.41) is 3.88. The molecule has 0 aliphatic rings. The molecule has 1 heterocycles. The number of anilines is 1. The summed E-state index contributed by atoms with van der Waals surface area (Å²) in [5.41, 5.74) is 6.63. The Bertz CT molecular complexity index is 607. The maximum Gasteiger partial charge on any atom is 0.263 e. The first kappa shape index (κ1) is 15.8. The van der Waals surface area contributed by atoms with Crippen molar-refractivity contribution in [2.75, 3.05) is 18.9 Å². The second-order valence-electron chi connectivity index (χ2n) is 5.22. The number of unbranched alkanes of at least 4 members (excludes halogenated alkanes) is 1. The molecule has 0 atom stereocenters. The number of nitrogens with two attached hydrogens (primary N) is 1. The van der Waals surface area contributed by atoms with Crippen molar-refractivity contribution in [3.05, 3.63) is 29.1 Å². The number of benzene rings is 1. The van der Waals surface area contributed by atoms with Crippen LogP contribution in [0.25, 0.3) is 10.1 Å². The molecule has 0 radical (unpaired) electrons. The molecule has 1 aromatic carbocycles. The molecule has 4 nitrogen and oxygen atoms in total. The number of nitrogen functional groups attached to an aromatic ring is 1. The van der Waals surface area contributed by atoms with E-state index in [4.69, 9.17) is 10.5 Å². The predicted molar refractivity (Wildman–Crippen MR) is 88.9 cm³/mol. The first-order chi connectivity index (χ1) is 10.1. The Kier molecular flexibility index (Phi) is 5.59. The summed E-state index contributed by atoms with van der Waals surface area (Å²) in [4.78, 5) is 12.8. The number of thiophene rings is 1. The molecule has 114 valence electrons. The fraction of sp³-hybridized carbons (Fsp3) is 0.438. The number of rotatable bonds is 7. The number of hydrogen-bond donors (Lipinski definition) is 2. The first-order valence-corrected chi connectivity index (χ1v) is 8.08. The number of nitrogens with one attached hydrogen (secondary N) is 1. The van der Waals surface area contributed by atoms with E-state index < -0.39 is 0 Å². The molecule has 0 unspecified atom stereocenters. The lowest BCUT2D eigenvalue weighted by molar-refractivity contribution is 0.0754. The summed E-state index contributed by atoms with van der Waals surface area (Å²) in [5.74, 6) is -0.0847. The van der Waals surface area contributed by atoms with Crippen molar-refractivity contribution >= 4 is 33.0 Å². The lowest BCUT2D eigenvalue weighted by Gasteiger charge is -2.07. The van der Waals surface area contributed by atoms with Gasteiger partial charge in [-0.05, 0) is 32.8 Å². The molecule has 5 heteroatoms. The number of amides is 1. The number of carbonyl (C=O) groups is 1. The molecule has 2 aromatic rings. The monoisotopic (exact) mass is 306 g/mol. The van der Waals surface area contributed by atoms with Gasteiger partial charge in [0.25, 0.3) is 5.91 Å². The third kappa shape index (κ3) is 4.19. The zero-order valence-corrected chi connectivity index (χ0v) is 13.3. The smallest absolute Gasteiger partial charge is 0.263 e. The van der Waals surface area contributed by atoms with Gasteiger partial charge in [0.2, 0.25) is 0 Å². The largest absolute Gasteiger partial charge is 0.397 e. The van der Waals surface area contributed by atoms with Crippen LogP contribution in [0.1, 0.15) is 36.4 Å². The third-order valence-electron chi connectivity index (χ3n) is 3.15.